The highest BCUT2D eigenvalue weighted by Crippen LogP contribution is 2.26. The molecular formula is C28H33ClFN5O5. The lowest BCUT2D eigenvalue weighted by Crippen LogP contribution is -2.44. The number of likely N-dealkylation sites (tertiary alicyclic amines) is 1. The lowest BCUT2D eigenvalue weighted by atomic mass is 10.1. The Morgan fingerprint density at radius 2 is 1.90 bits per heavy atom. The van der Waals surface area contributed by atoms with Gasteiger partial charge >= 0.3 is 6.09 Å². The molecule has 214 valence electrons. The fourth-order valence-electron chi connectivity index (χ4n) is 4.34. The summed E-state index contributed by atoms with van der Waals surface area (Å²) in [5.74, 6) is -0.494. The molecule has 12 heteroatoms. The van der Waals surface area contributed by atoms with Crippen LogP contribution in [-0.4, -0.2) is 62.3 Å². The number of hydrogen-bond acceptors (Lipinski definition) is 7. The van der Waals surface area contributed by atoms with Crippen molar-refractivity contribution in [3.8, 4) is 17.1 Å². The lowest BCUT2D eigenvalue weighted by Gasteiger charge is -2.33. The van der Waals surface area contributed by atoms with E-state index in [0.717, 1.165) is 0 Å². The third kappa shape index (κ3) is 7.07. The minimum atomic E-state index is -0.616. The molecule has 40 heavy (non-hydrogen) atoms. The highest BCUT2D eigenvalue weighted by Gasteiger charge is 2.28. The van der Waals surface area contributed by atoms with Gasteiger partial charge in [-0.1, -0.05) is 11.6 Å². The largest absolute Gasteiger partial charge is 0.489 e. The molecule has 1 aromatic carbocycles. The summed E-state index contributed by atoms with van der Waals surface area (Å²) in [6, 6.07) is 5.37. The van der Waals surface area contributed by atoms with Crippen molar-refractivity contribution in [3.05, 3.63) is 51.7 Å². The summed E-state index contributed by atoms with van der Waals surface area (Å²) in [5.41, 5.74) is -0.563. The summed E-state index contributed by atoms with van der Waals surface area (Å²) in [4.78, 5) is 49.2. The van der Waals surface area contributed by atoms with Crippen LogP contribution in [0.4, 0.5) is 9.18 Å². The van der Waals surface area contributed by atoms with Gasteiger partial charge in [-0.25, -0.2) is 19.2 Å². The predicted molar refractivity (Wildman–Crippen MR) is 149 cm³/mol. The highest BCUT2D eigenvalue weighted by atomic mass is 35.5. The number of aromatic nitrogens is 3. The predicted octanol–water partition coefficient (Wildman–Crippen LogP) is 4.55. The summed E-state index contributed by atoms with van der Waals surface area (Å²) < 4.78 is 26.6. The number of halogens is 2. The maximum Gasteiger partial charge on any atom is 0.410 e. The number of carbonyl (C=O) groups is 2. The monoisotopic (exact) mass is 573 g/mol. The van der Waals surface area contributed by atoms with Crippen molar-refractivity contribution >= 4 is 34.6 Å². The van der Waals surface area contributed by atoms with Gasteiger partial charge in [0.15, 0.2) is 5.65 Å². The van der Waals surface area contributed by atoms with Crippen LogP contribution in [-0.2, 0) is 16.1 Å². The van der Waals surface area contributed by atoms with Gasteiger partial charge in [-0.15, -0.1) is 0 Å². The van der Waals surface area contributed by atoms with Gasteiger partial charge in [0.25, 0.3) is 5.56 Å². The number of nitrogens with one attached hydrogen (secondary N) is 1. The summed E-state index contributed by atoms with van der Waals surface area (Å²) in [7, 11) is 0. The van der Waals surface area contributed by atoms with Crippen molar-refractivity contribution < 1.29 is 23.5 Å². The van der Waals surface area contributed by atoms with E-state index in [9.17, 15) is 18.8 Å². The number of rotatable bonds is 6. The van der Waals surface area contributed by atoms with Gasteiger partial charge in [0.05, 0.1) is 16.6 Å². The number of benzene rings is 1. The smallest absolute Gasteiger partial charge is 0.410 e. The second-order valence-corrected chi connectivity index (χ2v) is 11.4. The Morgan fingerprint density at radius 1 is 1.20 bits per heavy atom. The Labute approximate surface area is 236 Å². The maximum atomic E-state index is 13.8. The van der Waals surface area contributed by atoms with Gasteiger partial charge in [0.1, 0.15) is 35.6 Å². The molecule has 1 fully saturated rings. The van der Waals surface area contributed by atoms with Crippen molar-refractivity contribution in [3.63, 3.8) is 0 Å². The topological polar surface area (TPSA) is 116 Å². The van der Waals surface area contributed by atoms with Crippen molar-refractivity contribution in [2.75, 3.05) is 13.1 Å². The second kappa shape index (κ2) is 11.8. The first-order valence-corrected chi connectivity index (χ1v) is 13.5. The van der Waals surface area contributed by atoms with Crippen LogP contribution in [0.1, 0.15) is 47.5 Å². The van der Waals surface area contributed by atoms with Crippen LogP contribution >= 0.6 is 11.6 Å². The first-order chi connectivity index (χ1) is 18.8. The third-order valence-corrected chi connectivity index (χ3v) is 6.40. The fraction of sp³-hybridized carbons (Fsp3) is 0.464. The molecule has 4 rings (SSSR count). The van der Waals surface area contributed by atoms with Gasteiger partial charge in [0.2, 0.25) is 5.91 Å². The summed E-state index contributed by atoms with van der Waals surface area (Å²) in [6.45, 7) is 9.74. The molecule has 0 radical (unpaired) electrons. The van der Waals surface area contributed by atoms with E-state index >= 15 is 0 Å². The first kappa shape index (κ1) is 29.3. The second-order valence-electron chi connectivity index (χ2n) is 11.0. The number of piperidine rings is 1. The molecule has 0 atom stereocenters. The van der Waals surface area contributed by atoms with Crippen LogP contribution in [0, 0.1) is 5.82 Å². The molecule has 1 aliphatic rings. The van der Waals surface area contributed by atoms with E-state index in [1.54, 1.807) is 11.0 Å². The van der Waals surface area contributed by atoms with Gasteiger partial charge < -0.3 is 19.7 Å². The molecule has 1 saturated heterocycles. The van der Waals surface area contributed by atoms with E-state index in [1.165, 1.54) is 29.0 Å². The van der Waals surface area contributed by atoms with Crippen LogP contribution in [0.5, 0.6) is 5.75 Å². The molecule has 0 unspecified atom stereocenters. The number of nitrogens with zero attached hydrogens (tertiary/aromatic N) is 4. The van der Waals surface area contributed by atoms with Gasteiger partial charge in [0, 0.05) is 37.5 Å². The minimum absolute atomic E-state index is 0.133. The van der Waals surface area contributed by atoms with Crippen LogP contribution in [0.3, 0.4) is 0 Å². The number of ether oxygens (including phenoxy) is 2. The van der Waals surface area contributed by atoms with Gasteiger partial charge in [-0.05, 0) is 58.9 Å². The van der Waals surface area contributed by atoms with Crippen LogP contribution in [0.2, 0.25) is 5.02 Å². The molecule has 0 saturated carbocycles. The fourth-order valence-corrected chi connectivity index (χ4v) is 4.52. The number of hydrogen-bond donors (Lipinski definition) is 1. The summed E-state index contributed by atoms with van der Waals surface area (Å²) in [5, 5.41) is 2.79. The molecule has 3 heterocycles. The molecule has 3 aromatic rings. The Balaban J connectivity index is 1.61. The third-order valence-electron chi connectivity index (χ3n) is 6.11. The van der Waals surface area contributed by atoms with Gasteiger partial charge in [-0.2, -0.15) is 0 Å². The normalized spacial score (nSPS) is 14.4. The number of carbonyl (C=O) groups excluding carboxylic acids is 2. The molecule has 2 aromatic heterocycles. The molecule has 1 aliphatic heterocycles. The van der Waals surface area contributed by atoms with Crippen molar-refractivity contribution in [2.24, 2.45) is 0 Å². The molecule has 0 aliphatic carbocycles. The summed E-state index contributed by atoms with van der Waals surface area (Å²) in [6.07, 6.45) is 2.10. The molecule has 2 amide bonds. The van der Waals surface area contributed by atoms with E-state index in [2.05, 4.69) is 15.3 Å². The van der Waals surface area contributed by atoms with E-state index in [-0.39, 0.29) is 52.6 Å². The molecular weight excluding hydrogens is 541 g/mol. The average Bonchev–Trinajstić information content (AvgIpc) is 2.86. The standard InChI is InChI=1S/C28H33ClFN5O5/c1-16(2)32-23(36)15-35-25(17-6-7-22(30)21(29)12-17)33-24-20(26(35)37)13-19(14-31-24)39-18-8-10-34(11-9-18)27(38)40-28(3,4)5/h6-7,12-14,16,18H,8-11,15H2,1-5H3,(H,32,36). The summed E-state index contributed by atoms with van der Waals surface area (Å²) >= 11 is 5.99. The van der Waals surface area contributed by atoms with Crippen molar-refractivity contribution in [2.45, 2.75) is 71.8 Å². The Bertz CT molecular complexity index is 1480. The van der Waals surface area contributed by atoms with Crippen LogP contribution < -0.4 is 15.6 Å². The number of pyridine rings is 1. The van der Waals surface area contributed by atoms with Gasteiger partial charge in [-0.3, -0.25) is 14.2 Å². The maximum absolute atomic E-state index is 13.8. The molecule has 1 N–H and O–H groups in total. The number of fused-ring (bicyclic) bond motifs is 1. The zero-order chi connectivity index (χ0) is 29.2. The van der Waals surface area contributed by atoms with E-state index in [1.807, 2.05) is 34.6 Å². The van der Waals surface area contributed by atoms with Crippen LogP contribution in [0.25, 0.3) is 22.4 Å². The molecule has 0 spiro atoms. The quantitative estimate of drug-likeness (QED) is 0.460. The van der Waals surface area contributed by atoms with E-state index in [4.69, 9.17) is 21.1 Å². The van der Waals surface area contributed by atoms with Crippen LogP contribution in [0.15, 0.2) is 35.3 Å². The highest BCUT2D eigenvalue weighted by molar-refractivity contribution is 6.31. The SMILES string of the molecule is CC(C)NC(=O)Cn1c(-c2ccc(F)c(Cl)c2)nc2ncc(OC3CCN(C(=O)OC(C)(C)C)CC3)cc2c1=O. The van der Waals surface area contributed by atoms with Crippen molar-refractivity contribution in [1.82, 2.24) is 24.8 Å². The zero-order valence-corrected chi connectivity index (χ0v) is 23.9. The number of amides is 2. The first-order valence-electron chi connectivity index (χ1n) is 13.1. The lowest BCUT2D eigenvalue weighted by molar-refractivity contribution is -0.122. The molecule has 0 bridgehead atoms. The van der Waals surface area contributed by atoms with Crippen molar-refractivity contribution in [1.29, 1.82) is 0 Å². The van der Waals surface area contributed by atoms with E-state index < -0.39 is 17.0 Å². The minimum Gasteiger partial charge on any atom is -0.489 e. The average molecular weight is 574 g/mol. The Hall–Kier alpha value is -3.73. The Kier molecular flexibility index (Phi) is 8.62. The molecule has 10 nitrogen and oxygen atoms in total. The Morgan fingerprint density at radius 3 is 2.52 bits per heavy atom. The zero-order valence-electron chi connectivity index (χ0n) is 23.2. The van der Waals surface area contributed by atoms with E-state index in [0.29, 0.717) is 37.2 Å².